The highest BCUT2D eigenvalue weighted by Crippen LogP contribution is 2.27. The number of aromatic nitrogens is 2. The molecule has 0 bridgehead atoms. The predicted octanol–water partition coefficient (Wildman–Crippen LogP) is 4.03. The number of imidazole rings is 1. The number of para-hydroxylation sites is 2. The lowest BCUT2D eigenvalue weighted by atomic mass is 10.2. The molecular formula is C17H15Cl2N3O. The van der Waals surface area contributed by atoms with Gasteiger partial charge in [-0.3, -0.25) is 4.79 Å². The van der Waals surface area contributed by atoms with Gasteiger partial charge < -0.3 is 9.88 Å². The average molecular weight is 348 g/mol. The maximum Gasteiger partial charge on any atom is 0.217 e. The van der Waals surface area contributed by atoms with Gasteiger partial charge in [0.05, 0.1) is 24.1 Å². The van der Waals surface area contributed by atoms with E-state index < -0.39 is 0 Å². The van der Waals surface area contributed by atoms with Gasteiger partial charge in [-0.15, -0.1) is 0 Å². The summed E-state index contributed by atoms with van der Waals surface area (Å²) >= 11 is 12.6. The van der Waals surface area contributed by atoms with Gasteiger partial charge in [0.25, 0.3) is 0 Å². The predicted molar refractivity (Wildman–Crippen MR) is 92.8 cm³/mol. The average Bonchev–Trinajstić information content (AvgIpc) is 2.87. The Morgan fingerprint density at radius 2 is 1.83 bits per heavy atom. The summed E-state index contributed by atoms with van der Waals surface area (Å²) in [4.78, 5) is 15.8. The van der Waals surface area contributed by atoms with Crippen molar-refractivity contribution in [2.45, 2.75) is 20.0 Å². The number of benzene rings is 2. The molecule has 0 aliphatic carbocycles. The zero-order valence-corrected chi connectivity index (χ0v) is 14.0. The van der Waals surface area contributed by atoms with Crippen LogP contribution in [0.1, 0.15) is 18.3 Å². The van der Waals surface area contributed by atoms with E-state index in [0.29, 0.717) is 23.1 Å². The molecule has 0 radical (unpaired) electrons. The van der Waals surface area contributed by atoms with E-state index in [9.17, 15) is 4.79 Å². The van der Waals surface area contributed by atoms with Crippen molar-refractivity contribution >= 4 is 40.1 Å². The van der Waals surface area contributed by atoms with Gasteiger partial charge in [0, 0.05) is 22.5 Å². The monoisotopic (exact) mass is 347 g/mol. The van der Waals surface area contributed by atoms with E-state index in [1.54, 1.807) is 0 Å². The molecule has 2 aromatic carbocycles. The third kappa shape index (κ3) is 3.33. The molecule has 0 unspecified atom stereocenters. The van der Waals surface area contributed by atoms with Gasteiger partial charge in [-0.05, 0) is 24.3 Å². The van der Waals surface area contributed by atoms with Crippen LogP contribution in [0.15, 0.2) is 42.5 Å². The smallest absolute Gasteiger partial charge is 0.217 e. The van der Waals surface area contributed by atoms with Crippen LogP contribution in [0, 0.1) is 0 Å². The summed E-state index contributed by atoms with van der Waals surface area (Å²) in [5.41, 5.74) is 2.68. The van der Waals surface area contributed by atoms with Crippen molar-refractivity contribution in [1.29, 1.82) is 0 Å². The molecule has 1 N–H and O–H groups in total. The van der Waals surface area contributed by atoms with Crippen LogP contribution < -0.4 is 5.32 Å². The summed E-state index contributed by atoms with van der Waals surface area (Å²) in [5, 5.41) is 4.01. The van der Waals surface area contributed by atoms with Crippen molar-refractivity contribution in [3.05, 3.63) is 63.9 Å². The summed E-state index contributed by atoms with van der Waals surface area (Å²) in [5.74, 6) is 0.664. The maximum absolute atomic E-state index is 11.2. The fourth-order valence-electron chi connectivity index (χ4n) is 2.48. The minimum Gasteiger partial charge on any atom is -0.349 e. The van der Waals surface area contributed by atoms with E-state index in [-0.39, 0.29) is 5.91 Å². The highest BCUT2D eigenvalue weighted by Gasteiger charge is 2.14. The number of fused-ring (bicyclic) bond motifs is 1. The lowest BCUT2D eigenvalue weighted by molar-refractivity contribution is -0.119. The van der Waals surface area contributed by atoms with Crippen molar-refractivity contribution in [2.24, 2.45) is 0 Å². The highest BCUT2D eigenvalue weighted by atomic mass is 35.5. The number of halogens is 2. The van der Waals surface area contributed by atoms with Crippen molar-refractivity contribution in [1.82, 2.24) is 14.9 Å². The van der Waals surface area contributed by atoms with Gasteiger partial charge in [0.1, 0.15) is 5.82 Å². The number of hydrogen-bond acceptors (Lipinski definition) is 2. The number of nitrogens with zero attached hydrogens (tertiary/aromatic N) is 2. The van der Waals surface area contributed by atoms with E-state index in [0.717, 1.165) is 22.4 Å². The molecule has 23 heavy (non-hydrogen) atoms. The second-order valence-corrected chi connectivity index (χ2v) is 6.03. The third-order valence-corrected chi connectivity index (χ3v) is 4.32. The Kier molecular flexibility index (Phi) is 4.55. The fraction of sp³-hybridized carbons (Fsp3) is 0.176. The summed E-state index contributed by atoms with van der Waals surface area (Å²) in [6.07, 6.45) is 0. The summed E-state index contributed by atoms with van der Waals surface area (Å²) < 4.78 is 2.03. The molecule has 0 saturated heterocycles. The molecule has 6 heteroatoms. The van der Waals surface area contributed by atoms with E-state index in [2.05, 4.69) is 10.3 Å². The number of hydrogen-bond donors (Lipinski definition) is 1. The lowest BCUT2D eigenvalue weighted by Gasteiger charge is -2.12. The number of carbonyl (C=O) groups is 1. The van der Waals surface area contributed by atoms with Crippen LogP contribution in [-0.2, 0) is 17.9 Å². The van der Waals surface area contributed by atoms with Gasteiger partial charge in [-0.2, -0.15) is 0 Å². The molecular weight excluding hydrogens is 333 g/mol. The first-order valence-electron chi connectivity index (χ1n) is 7.17. The number of amides is 1. The topological polar surface area (TPSA) is 46.9 Å². The minimum absolute atomic E-state index is 0.0978. The molecule has 0 fully saturated rings. The van der Waals surface area contributed by atoms with Crippen molar-refractivity contribution in [2.75, 3.05) is 0 Å². The van der Waals surface area contributed by atoms with Crippen LogP contribution in [0.2, 0.25) is 10.0 Å². The normalized spacial score (nSPS) is 10.9. The Hall–Kier alpha value is -2.04. The maximum atomic E-state index is 11.2. The standard InChI is InChI=1S/C17H15Cl2N3O/c1-11(23)20-9-17-21-15-7-2-3-8-16(15)22(17)10-12-13(18)5-4-6-14(12)19/h2-8H,9-10H2,1H3,(H,20,23). The van der Waals surface area contributed by atoms with Crippen molar-refractivity contribution in [3.63, 3.8) is 0 Å². The molecule has 1 amide bonds. The summed E-state index contributed by atoms with van der Waals surface area (Å²) in [6, 6.07) is 13.3. The Balaban J connectivity index is 2.07. The molecule has 1 heterocycles. The first-order chi connectivity index (χ1) is 11.1. The number of carbonyl (C=O) groups excluding carboxylic acids is 1. The fourth-order valence-corrected chi connectivity index (χ4v) is 3.00. The van der Waals surface area contributed by atoms with Crippen molar-refractivity contribution < 1.29 is 4.79 Å². The van der Waals surface area contributed by atoms with E-state index in [1.807, 2.05) is 47.0 Å². The van der Waals surface area contributed by atoms with E-state index >= 15 is 0 Å². The second kappa shape index (κ2) is 6.60. The van der Waals surface area contributed by atoms with Crippen LogP contribution in [0.25, 0.3) is 11.0 Å². The molecule has 0 spiro atoms. The Bertz CT molecular complexity index is 853. The molecule has 0 aliphatic rings. The second-order valence-electron chi connectivity index (χ2n) is 5.21. The first kappa shape index (κ1) is 15.8. The van der Waals surface area contributed by atoms with Crippen LogP contribution in [-0.4, -0.2) is 15.5 Å². The van der Waals surface area contributed by atoms with Crippen molar-refractivity contribution in [3.8, 4) is 0 Å². The molecule has 0 atom stereocenters. The van der Waals surface area contributed by atoms with Crippen LogP contribution in [0.3, 0.4) is 0 Å². The third-order valence-electron chi connectivity index (χ3n) is 3.61. The molecule has 4 nitrogen and oxygen atoms in total. The van der Waals surface area contributed by atoms with E-state index in [1.165, 1.54) is 6.92 Å². The summed E-state index contributed by atoms with van der Waals surface area (Å²) in [7, 11) is 0. The van der Waals surface area contributed by atoms with Gasteiger partial charge >= 0.3 is 0 Å². The Morgan fingerprint density at radius 1 is 1.13 bits per heavy atom. The highest BCUT2D eigenvalue weighted by molar-refractivity contribution is 6.36. The SMILES string of the molecule is CC(=O)NCc1nc2ccccc2n1Cc1c(Cl)cccc1Cl. The van der Waals surface area contributed by atoms with Crippen LogP contribution in [0.5, 0.6) is 0 Å². The van der Waals surface area contributed by atoms with Crippen LogP contribution >= 0.6 is 23.2 Å². The molecule has 118 valence electrons. The van der Waals surface area contributed by atoms with Gasteiger partial charge in [-0.25, -0.2) is 4.98 Å². The zero-order valence-electron chi connectivity index (χ0n) is 12.5. The Labute approximate surface area is 144 Å². The molecule has 1 aromatic heterocycles. The van der Waals surface area contributed by atoms with E-state index in [4.69, 9.17) is 23.2 Å². The molecule has 0 saturated carbocycles. The largest absolute Gasteiger partial charge is 0.349 e. The van der Waals surface area contributed by atoms with Gasteiger partial charge in [0.2, 0.25) is 5.91 Å². The minimum atomic E-state index is -0.0978. The molecule has 0 aliphatic heterocycles. The zero-order chi connectivity index (χ0) is 16.4. The van der Waals surface area contributed by atoms with Crippen LogP contribution in [0.4, 0.5) is 0 Å². The number of rotatable bonds is 4. The first-order valence-corrected chi connectivity index (χ1v) is 7.93. The quantitative estimate of drug-likeness (QED) is 0.774. The molecule has 3 aromatic rings. The summed E-state index contributed by atoms with van der Waals surface area (Å²) in [6.45, 7) is 2.33. The van der Waals surface area contributed by atoms with Gasteiger partial charge in [0.15, 0.2) is 0 Å². The molecule has 3 rings (SSSR count). The lowest BCUT2D eigenvalue weighted by Crippen LogP contribution is -2.22. The number of nitrogens with one attached hydrogen (secondary N) is 1. The Morgan fingerprint density at radius 3 is 2.52 bits per heavy atom. The van der Waals surface area contributed by atoms with Gasteiger partial charge in [-0.1, -0.05) is 41.4 Å².